The van der Waals surface area contributed by atoms with E-state index in [0.29, 0.717) is 35.8 Å². The molecule has 4 rings (SSSR count). The number of esters is 1. The number of hydrogen-bond donors (Lipinski definition) is 0. The second-order valence-corrected chi connectivity index (χ2v) is 10.8. The average Bonchev–Trinajstić information content (AvgIpc) is 3.30. The van der Waals surface area contributed by atoms with Gasteiger partial charge in [-0.2, -0.15) is 11.8 Å². The van der Waals surface area contributed by atoms with Crippen LogP contribution in [0.4, 0.5) is 0 Å². The topological polar surface area (TPSA) is 55.7 Å². The number of allylic oxidation sites excluding steroid dienone is 2. The van der Waals surface area contributed by atoms with Crippen LogP contribution in [0.15, 0.2) is 58.0 Å². The van der Waals surface area contributed by atoms with Gasteiger partial charge in [-0.15, -0.1) is 11.3 Å². The Morgan fingerprint density at radius 2 is 2.12 bits per heavy atom. The number of carbonyl (C=O) groups excluding carboxylic acids is 2. The van der Waals surface area contributed by atoms with Crippen LogP contribution in [0.5, 0.6) is 0 Å². The molecule has 3 atom stereocenters. The highest BCUT2D eigenvalue weighted by molar-refractivity contribution is 7.99. The molecule has 2 aliphatic rings. The number of aliphatic imine (C=N–C) groups is 1. The molecule has 168 valence electrons. The van der Waals surface area contributed by atoms with Crippen LogP contribution in [0.2, 0.25) is 5.02 Å². The van der Waals surface area contributed by atoms with E-state index in [2.05, 4.69) is 13.0 Å². The number of nitrogens with zero attached hydrogens (tertiary/aromatic N) is 1. The number of ketones is 1. The van der Waals surface area contributed by atoms with Crippen molar-refractivity contribution in [3.63, 3.8) is 0 Å². The van der Waals surface area contributed by atoms with Gasteiger partial charge in [-0.3, -0.25) is 14.6 Å². The molecule has 0 spiro atoms. The predicted molar refractivity (Wildman–Crippen MR) is 133 cm³/mol. The monoisotopic (exact) mass is 487 g/mol. The Morgan fingerprint density at radius 3 is 2.84 bits per heavy atom. The van der Waals surface area contributed by atoms with Gasteiger partial charge < -0.3 is 4.74 Å². The summed E-state index contributed by atoms with van der Waals surface area (Å²) in [4.78, 5) is 32.7. The third-order valence-corrected chi connectivity index (χ3v) is 8.11. The normalized spacial score (nSPS) is 23.0. The quantitative estimate of drug-likeness (QED) is 0.341. The first-order valence-corrected chi connectivity index (χ1v) is 13.3. The van der Waals surface area contributed by atoms with Gasteiger partial charge in [-0.1, -0.05) is 36.7 Å². The molecule has 1 aliphatic heterocycles. The number of rotatable bonds is 7. The fraction of sp³-hybridized carbons (Fsp3) is 0.400. The fourth-order valence-corrected chi connectivity index (χ4v) is 6.10. The molecule has 4 nitrogen and oxygen atoms in total. The van der Waals surface area contributed by atoms with Crippen molar-refractivity contribution in [1.29, 1.82) is 0 Å². The van der Waals surface area contributed by atoms with Gasteiger partial charge >= 0.3 is 5.97 Å². The van der Waals surface area contributed by atoms with Crippen LogP contribution >= 0.6 is 34.7 Å². The first kappa shape index (κ1) is 23.3. The third kappa shape index (κ3) is 4.87. The molecule has 0 saturated heterocycles. The van der Waals surface area contributed by atoms with E-state index in [0.717, 1.165) is 22.8 Å². The molecule has 3 unspecified atom stereocenters. The van der Waals surface area contributed by atoms with Crippen LogP contribution in [-0.2, 0) is 14.3 Å². The first-order valence-electron chi connectivity index (χ1n) is 10.8. The number of hydrogen-bond acceptors (Lipinski definition) is 6. The Hall–Kier alpha value is -1.89. The Labute approximate surface area is 202 Å². The van der Waals surface area contributed by atoms with E-state index in [-0.39, 0.29) is 17.7 Å². The van der Waals surface area contributed by atoms with Gasteiger partial charge in [0.2, 0.25) is 0 Å². The van der Waals surface area contributed by atoms with Crippen molar-refractivity contribution in [1.82, 2.24) is 0 Å². The highest BCUT2D eigenvalue weighted by Crippen LogP contribution is 2.47. The van der Waals surface area contributed by atoms with Gasteiger partial charge in [0.1, 0.15) is 12.5 Å². The zero-order chi connectivity index (χ0) is 22.7. The molecule has 0 saturated carbocycles. The van der Waals surface area contributed by atoms with Crippen LogP contribution < -0.4 is 0 Å². The minimum absolute atomic E-state index is 0.0604. The largest absolute Gasteiger partial charge is 0.464 e. The summed E-state index contributed by atoms with van der Waals surface area (Å²) in [6.07, 6.45) is 1.13. The second kappa shape index (κ2) is 10.4. The molecule has 7 heteroatoms. The number of Topliss-reactive ketones (excluding diaryl/α,β-unsaturated/α-hetero) is 1. The van der Waals surface area contributed by atoms with Crippen molar-refractivity contribution < 1.29 is 14.3 Å². The van der Waals surface area contributed by atoms with Crippen molar-refractivity contribution in [2.24, 2.45) is 10.9 Å². The molecule has 1 aliphatic carbocycles. The highest BCUT2D eigenvalue weighted by atomic mass is 35.5. The summed E-state index contributed by atoms with van der Waals surface area (Å²) in [5.41, 5.74) is 3.00. The van der Waals surface area contributed by atoms with Crippen LogP contribution in [-0.4, -0.2) is 35.6 Å². The smallest absolute Gasteiger partial charge is 0.315 e. The van der Waals surface area contributed by atoms with Crippen LogP contribution in [0.1, 0.15) is 49.0 Å². The SMILES string of the molecule is CCSCCOC(=O)C1C(C)=NC2=C(C(=O)CC(c3cccs3)C2)C1c1cccc(Cl)c1. The molecule has 1 aromatic carbocycles. The lowest BCUT2D eigenvalue weighted by atomic mass is 9.70. The Bertz CT molecular complexity index is 1060. The average molecular weight is 488 g/mol. The van der Waals surface area contributed by atoms with E-state index >= 15 is 0 Å². The number of thiophene rings is 1. The molecular weight excluding hydrogens is 462 g/mol. The maximum absolute atomic E-state index is 13.5. The molecule has 0 N–H and O–H groups in total. The summed E-state index contributed by atoms with van der Waals surface area (Å²) in [7, 11) is 0. The molecule has 0 radical (unpaired) electrons. The van der Waals surface area contributed by atoms with Crippen LogP contribution in [0, 0.1) is 5.92 Å². The van der Waals surface area contributed by atoms with Crippen molar-refractivity contribution >= 4 is 52.2 Å². The Balaban J connectivity index is 1.71. The Kier molecular flexibility index (Phi) is 7.54. The minimum atomic E-state index is -0.624. The number of thioether (sulfide) groups is 1. The van der Waals surface area contributed by atoms with Crippen molar-refractivity contribution in [2.45, 2.75) is 38.5 Å². The molecule has 1 aromatic heterocycles. The lowest BCUT2D eigenvalue weighted by molar-refractivity contribution is -0.145. The predicted octanol–water partition coefficient (Wildman–Crippen LogP) is 6.27. The van der Waals surface area contributed by atoms with Crippen molar-refractivity contribution in [3.8, 4) is 0 Å². The molecule has 0 bridgehead atoms. The summed E-state index contributed by atoms with van der Waals surface area (Å²) in [6.45, 7) is 4.29. The molecule has 0 amide bonds. The third-order valence-electron chi connectivity index (χ3n) is 5.97. The summed E-state index contributed by atoms with van der Waals surface area (Å²) in [5.74, 6) is 0.543. The van der Waals surface area contributed by atoms with Crippen LogP contribution in [0.25, 0.3) is 0 Å². The van der Waals surface area contributed by atoms with Crippen molar-refractivity contribution in [3.05, 3.63) is 68.5 Å². The molecule has 2 aromatic rings. The second-order valence-electron chi connectivity index (χ2n) is 8.03. The van der Waals surface area contributed by atoms with Gasteiger partial charge in [0.25, 0.3) is 0 Å². The van der Waals surface area contributed by atoms with E-state index in [1.165, 1.54) is 4.88 Å². The van der Waals surface area contributed by atoms with Gasteiger partial charge in [-0.05, 0) is 48.2 Å². The lowest BCUT2D eigenvalue weighted by Crippen LogP contribution is -2.38. The number of carbonyl (C=O) groups is 2. The van der Waals surface area contributed by atoms with Crippen LogP contribution in [0.3, 0.4) is 0 Å². The van der Waals surface area contributed by atoms with E-state index in [1.54, 1.807) is 29.2 Å². The van der Waals surface area contributed by atoms with Gasteiger partial charge in [-0.25, -0.2) is 0 Å². The highest BCUT2D eigenvalue weighted by Gasteiger charge is 2.44. The number of halogens is 1. The van der Waals surface area contributed by atoms with Gasteiger partial charge in [0.05, 0.1) is 0 Å². The summed E-state index contributed by atoms with van der Waals surface area (Å²) in [6, 6.07) is 11.5. The van der Waals surface area contributed by atoms with Gasteiger partial charge in [0, 0.05) is 50.9 Å². The zero-order valence-corrected chi connectivity index (χ0v) is 20.6. The van der Waals surface area contributed by atoms with E-state index in [4.69, 9.17) is 21.3 Å². The maximum atomic E-state index is 13.5. The number of ether oxygens (including phenoxy) is 1. The van der Waals surface area contributed by atoms with E-state index in [9.17, 15) is 9.59 Å². The molecular formula is C25H26ClNO3S2. The lowest BCUT2D eigenvalue weighted by Gasteiger charge is -2.36. The summed E-state index contributed by atoms with van der Waals surface area (Å²) >= 11 is 9.70. The molecule has 0 fully saturated rings. The van der Waals surface area contributed by atoms with E-state index < -0.39 is 11.8 Å². The summed E-state index contributed by atoms with van der Waals surface area (Å²) < 4.78 is 5.63. The summed E-state index contributed by atoms with van der Waals surface area (Å²) in [5, 5.41) is 2.62. The maximum Gasteiger partial charge on any atom is 0.315 e. The first-order chi connectivity index (χ1) is 15.5. The minimum Gasteiger partial charge on any atom is -0.464 e. The standard InChI is InChI=1S/C25H26ClNO3S2/c1-3-31-11-9-30-25(29)22-15(2)27-19-13-17(21-8-5-10-32-21)14-20(28)24(19)23(22)16-6-4-7-18(26)12-16/h4-8,10,12,17,22-23H,3,9,11,13-14H2,1-2H3. The zero-order valence-electron chi connectivity index (χ0n) is 18.2. The fourth-order valence-electron chi connectivity index (χ4n) is 4.59. The van der Waals surface area contributed by atoms with Gasteiger partial charge in [0.15, 0.2) is 5.78 Å². The van der Waals surface area contributed by atoms with Crippen molar-refractivity contribution in [2.75, 3.05) is 18.1 Å². The molecule has 32 heavy (non-hydrogen) atoms. The Morgan fingerprint density at radius 1 is 1.28 bits per heavy atom. The van der Waals surface area contributed by atoms with E-state index in [1.807, 2.05) is 36.6 Å². The number of benzene rings is 1. The molecule has 2 heterocycles.